The Morgan fingerprint density at radius 3 is 2.78 bits per heavy atom. The largest absolute Gasteiger partial charge is 0.356 e. The minimum Gasteiger partial charge on any atom is -0.356 e. The van der Waals surface area contributed by atoms with Crippen molar-refractivity contribution in [1.82, 2.24) is 4.98 Å². The van der Waals surface area contributed by atoms with Crippen LogP contribution in [0, 0.1) is 15.5 Å². The molecule has 1 saturated heterocycles. The molecule has 1 aliphatic heterocycles. The first kappa shape index (κ1) is 12.8. The van der Waals surface area contributed by atoms with Gasteiger partial charge in [0.1, 0.15) is 12.0 Å². The van der Waals surface area contributed by atoms with E-state index in [1.165, 1.54) is 12.3 Å². The lowest BCUT2D eigenvalue weighted by atomic mass is 9.80. The Kier molecular flexibility index (Phi) is 3.21. The number of pyridine rings is 1. The van der Waals surface area contributed by atoms with Crippen molar-refractivity contribution < 1.29 is 4.92 Å². The number of aromatic nitrogens is 1. The molecule has 2 rings (SSSR count). The average molecular weight is 250 g/mol. The van der Waals surface area contributed by atoms with Gasteiger partial charge in [0.15, 0.2) is 0 Å². The molecule has 0 spiro atoms. The third kappa shape index (κ3) is 2.43. The fraction of sp³-hybridized carbons (Fsp3) is 0.583. The van der Waals surface area contributed by atoms with Crippen molar-refractivity contribution >= 4 is 11.5 Å². The zero-order valence-corrected chi connectivity index (χ0v) is 10.7. The molecular weight excluding hydrogens is 232 g/mol. The summed E-state index contributed by atoms with van der Waals surface area (Å²) in [5, 5.41) is 10.6. The van der Waals surface area contributed by atoms with Gasteiger partial charge in [0.25, 0.3) is 5.69 Å². The molecule has 0 radical (unpaired) electrons. The molecule has 0 bridgehead atoms. The summed E-state index contributed by atoms with van der Waals surface area (Å²) in [6, 6.07) is 3.38. The molecule has 1 aromatic rings. The van der Waals surface area contributed by atoms with Gasteiger partial charge in [-0.1, -0.05) is 13.8 Å². The number of anilines is 1. The van der Waals surface area contributed by atoms with E-state index in [9.17, 15) is 10.1 Å². The molecule has 0 aromatic carbocycles. The lowest BCUT2D eigenvalue weighted by Crippen LogP contribution is -2.52. The quantitative estimate of drug-likeness (QED) is 0.635. The van der Waals surface area contributed by atoms with E-state index in [0.717, 1.165) is 25.3 Å². The summed E-state index contributed by atoms with van der Waals surface area (Å²) in [5.74, 6) is 0.778. The lowest BCUT2D eigenvalue weighted by molar-refractivity contribution is -0.385. The molecule has 18 heavy (non-hydrogen) atoms. The minimum absolute atomic E-state index is 0.0201. The molecule has 1 fully saturated rings. The maximum atomic E-state index is 10.6. The van der Waals surface area contributed by atoms with E-state index in [-0.39, 0.29) is 17.1 Å². The first-order valence-corrected chi connectivity index (χ1v) is 6.01. The first-order valence-electron chi connectivity index (χ1n) is 6.01. The average Bonchev–Trinajstić information content (AvgIpc) is 2.33. The van der Waals surface area contributed by atoms with Crippen molar-refractivity contribution in [2.24, 2.45) is 11.1 Å². The third-order valence-corrected chi connectivity index (χ3v) is 3.58. The SMILES string of the molecule is CC1(C)CN(c2ccc([N+](=O)[O-])cn2)CCC1N. The molecule has 0 amide bonds. The van der Waals surface area contributed by atoms with Gasteiger partial charge in [-0.15, -0.1) is 0 Å². The van der Waals surface area contributed by atoms with E-state index in [0.29, 0.717) is 0 Å². The zero-order chi connectivity index (χ0) is 13.3. The Bertz CT molecular complexity index is 444. The van der Waals surface area contributed by atoms with Crippen LogP contribution in [0.5, 0.6) is 0 Å². The standard InChI is InChI=1S/C12H18N4O2/c1-12(2)8-15(6-5-10(12)13)11-4-3-9(7-14-11)16(17)18/h3-4,7,10H,5-6,8,13H2,1-2H3. The minimum atomic E-state index is -0.438. The predicted octanol–water partition coefficient (Wildman–Crippen LogP) is 1.55. The van der Waals surface area contributed by atoms with Crippen molar-refractivity contribution in [3.8, 4) is 0 Å². The monoisotopic (exact) mass is 250 g/mol. The van der Waals surface area contributed by atoms with Gasteiger partial charge in [-0.3, -0.25) is 10.1 Å². The highest BCUT2D eigenvalue weighted by molar-refractivity contribution is 5.43. The van der Waals surface area contributed by atoms with Gasteiger partial charge in [0.2, 0.25) is 0 Å². The van der Waals surface area contributed by atoms with Gasteiger partial charge in [-0.05, 0) is 17.9 Å². The van der Waals surface area contributed by atoms with Gasteiger partial charge in [-0.25, -0.2) is 4.98 Å². The Morgan fingerprint density at radius 2 is 2.28 bits per heavy atom. The second-order valence-electron chi connectivity index (χ2n) is 5.44. The van der Waals surface area contributed by atoms with Crippen LogP contribution < -0.4 is 10.6 Å². The van der Waals surface area contributed by atoms with Crippen molar-refractivity contribution in [1.29, 1.82) is 0 Å². The molecule has 1 unspecified atom stereocenters. The Balaban J connectivity index is 2.15. The van der Waals surface area contributed by atoms with Crippen LogP contribution in [0.2, 0.25) is 0 Å². The molecule has 1 aromatic heterocycles. The normalized spacial score (nSPS) is 22.8. The summed E-state index contributed by atoms with van der Waals surface area (Å²) < 4.78 is 0. The van der Waals surface area contributed by atoms with Gasteiger partial charge < -0.3 is 10.6 Å². The Hall–Kier alpha value is -1.69. The molecule has 2 N–H and O–H groups in total. The van der Waals surface area contributed by atoms with Crippen LogP contribution in [0.4, 0.5) is 11.5 Å². The van der Waals surface area contributed by atoms with Crippen molar-refractivity contribution in [3.63, 3.8) is 0 Å². The van der Waals surface area contributed by atoms with E-state index in [1.54, 1.807) is 6.07 Å². The van der Waals surface area contributed by atoms with Crippen LogP contribution in [0.1, 0.15) is 20.3 Å². The first-order chi connectivity index (χ1) is 8.40. The zero-order valence-electron chi connectivity index (χ0n) is 10.7. The topological polar surface area (TPSA) is 85.3 Å². The fourth-order valence-electron chi connectivity index (χ4n) is 2.24. The van der Waals surface area contributed by atoms with E-state index in [4.69, 9.17) is 5.73 Å². The predicted molar refractivity (Wildman–Crippen MR) is 69.5 cm³/mol. The molecular formula is C12H18N4O2. The van der Waals surface area contributed by atoms with Crippen LogP contribution >= 0.6 is 0 Å². The summed E-state index contributed by atoms with van der Waals surface area (Å²) in [6.45, 7) is 5.93. The number of hydrogen-bond acceptors (Lipinski definition) is 5. The smallest absolute Gasteiger partial charge is 0.287 e. The third-order valence-electron chi connectivity index (χ3n) is 3.58. The lowest BCUT2D eigenvalue weighted by Gasteiger charge is -2.43. The Labute approximate surface area is 106 Å². The number of hydrogen-bond donors (Lipinski definition) is 1. The molecule has 0 saturated carbocycles. The molecule has 6 heteroatoms. The maximum absolute atomic E-state index is 10.6. The number of piperidine rings is 1. The second kappa shape index (κ2) is 4.53. The summed E-state index contributed by atoms with van der Waals surface area (Å²) >= 11 is 0. The van der Waals surface area contributed by atoms with Gasteiger partial charge >= 0.3 is 0 Å². The maximum Gasteiger partial charge on any atom is 0.287 e. The molecule has 1 atom stereocenters. The molecule has 6 nitrogen and oxygen atoms in total. The summed E-state index contributed by atoms with van der Waals surface area (Å²) in [5.41, 5.74) is 6.13. The summed E-state index contributed by atoms with van der Waals surface area (Å²) in [4.78, 5) is 16.4. The highest BCUT2D eigenvalue weighted by atomic mass is 16.6. The summed E-state index contributed by atoms with van der Waals surface area (Å²) in [7, 11) is 0. The van der Waals surface area contributed by atoms with E-state index >= 15 is 0 Å². The number of nitrogens with zero attached hydrogens (tertiary/aromatic N) is 3. The number of nitrogens with two attached hydrogens (primary N) is 1. The number of rotatable bonds is 2. The van der Waals surface area contributed by atoms with Gasteiger partial charge in [-0.2, -0.15) is 0 Å². The van der Waals surface area contributed by atoms with Crippen LogP contribution in [-0.4, -0.2) is 29.0 Å². The van der Waals surface area contributed by atoms with Crippen molar-refractivity contribution in [2.75, 3.05) is 18.0 Å². The molecule has 0 aliphatic carbocycles. The molecule has 1 aliphatic rings. The molecule has 98 valence electrons. The highest BCUT2D eigenvalue weighted by Gasteiger charge is 2.33. The van der Waals surface area contributed by atoms with Crippen LogP contribution in [-0.2, 0) is 0 Å². The van der Waals surface area contributed by atoms with Crippen molar-refractivity contribution in [2.45, 2.75) is 26.3 Å². The summed E-state index contributed by atoms with van der Waals surface area (Å²) in [6.07, 6.45) is 2.21. The second-order valence-corrected chi connectivity index (χ2v) is 5.44. The highest BCUT2D eigenvalue weighted by Crippen LogP contribution is 2.30. The van der Waals surface area contributed by atoms with Gasteiger partial charge in [0.05, 0.1) is 4.92 Å². The molecule has 2 heterocycles. The van der Waals surface area contributed by atoms with Crippen molar-refractivity contribution in [3.05, 3.63) is 28.4 Å². The fourth-order valence-corrected chi connectivity index (χ4v) is 2.24. The van der Waals surface area contributed by atoms with Crippen LogP contribution in [0.15, 0.2) is 18.3 Å². The van der Waals surface area contributed by atoms with E-state index in [2.05, 4.69) is 23.7 Å². The van der Waals surface area contributed by atoms with E-state index in [1.807, 2.05) is 0 Å². The van der Waals surface area contributed by atoms with Crippen LogP contribution in [0.25, 0.3) is 0 Å². The number of nitro groups is 1. The Morgan fingerprint density at radius 1 is 1.56 bits per heavy atom. The van der Waals surface area contributed by atoms with Crippen LogP contribution in [0.3, 0.4) is 0 Å². The van der Waals surface area contributed by atoms with Gasteiger partial charge in [0, 0.05) is 25.2 Å². The van der Waals surface area contributed by atoms with E-state index < -0.39 is 4.92 Å².